The van der Waals surface area contributed by atoms with Crippen LogP contribution in [-0.2, 0) is 6.54 Å². The Labute approximate surface area is 158 Å². The van der Waals surface area contributed by atoms with Crippen LogP contribution in [0.5, 0.6) is 0 Å². The lowest BCUT2D eigenvalue weighted by Gasteiger charge is -2.20. The minimum Gasteiger partial charge on any atom is -0.334 e. The summed E-state index contributed by atoms with van der Waals surface area (Å²) < 4.78 is 15.1. The molecular formula is C21H23FN4O. The van der Waals surface area contributed by atoms with Gasteiger partial charge in [0.15, 0.2) is 0 Å². The van der Waals surface area contributed by atoms with Gasteiger partial charge in [-0.15, -0.1) is 0 Å². The van der Waals surface area contributed by atoms with Gasteiger partial charge in [-0.25, -0.2) is 13.9 Å². The van der Waals surface area contributed by atoms with Gasteiger partial charge in [0.2, 0.25) is 0 Å². The van der Waals surface area contributed by atoms with Crippen LogP contribution in [-0.4, -0.2) is 21.4 Å². The largest absolute Gasteiger partial charge is 0.334 e. The van der Waals surface area contributed by atoms with Crippen LogP contribution in [0, 0.1) is 5.82 Å². The molecule has 6 heteroatoms. The van der Waals surface area contributed by atoms with Gasteiger partial charge in [0.1, 0.15) is 5.82 Å². The third-order valence-electron chi connectivity index (χ3n) is 3.86. The van der Waals surface area contributed by atoms with Crippen LogP contribution >= 0.6 is 0 Å². The Hall–Kier alpha value is -3.15. The summed E-state index contributed by atoms with van der Waals surface area (Å²) >= 11 is 0. The molecule has 27 heavy (non-hydrogen) atoms. The number of urea groups is 1. The Bertz CT molecular complexity index is 912. The summed E-state index contributed by atoms with van der Waals surface area (Å²) in [7, 11) is 0. The van der Waals surface area contributed by atoms with Gasteiger partial charge in [-0.2, -0.15) is 5.10 Å². The number of aromatic nitrogens is 2. The average molecular weight is 366 g/mol. The number of hydrogen-bond donors (Lipinski definition) is 2. The van der Waals surface area contributed by atoms with Crippen molar-refractivity contribution in [1.29, 1.82) is 0 Å². The molecule has 2 aromatic carbocycles. The minimum absolute atomic E-state index is 0.250. The lowest BCUT2D eigenvalue weighted by molar-refractivity contribution is 0.231. The van der Waals surface area contributed by atoms with Crippen LogP contribution in [0.2, 0.25) is 0 Å². The Morgan fingerprint density at radius 3 is 2.37 bits per heavy atom. The van der Waals surface area contributed by atoms with Gasteiger partial charge < -0.3 is 10.6 Å². The number of carbonyl (C=O) groups is 1. The first-order chi connectivity index (χ1) is 12.8. The summed E-state index contributed by atoms with van der Waals surface area (Å²) in [6.45, 7) is 6.07. The lowest BCUT2D eigenvalue weighted by Crippen LogP contribution is -2.46. The third kappa shape index (κ3) is 4.94. The van der Waals surface area contributed by atoms with Gasteiger partial charge in [-0.1, -0.05) is 18.2 Å². The molecule has 0 radical (unpaired) electrons. The summed E-state index contributed by atoms with van der Waals surface area (Å²) in [5, 5.41) is 10.4. The average Bonchev–Trinajstić information content (AvgIpc) is 3.04. The van der Waals surface area contributed by atoms with E-state index >= 15 is 0 Å². The first-order valence-corrected chi connectivity index (χ1v) is 8.78. The molecule has 0 aliphatic carbocycles. The molecule has 3 aromatic rings. The predicted molar refractivity (Wildman–Crippen MR) is 104 cm³/mol. The van der Waals surface area contributed by atoms with E-state index in [1.165, 1.54) is 12.1 Å². The van der Waals surface area contributed by atoms with Crippen molar-refractivity contribution in [3.05, 3.63) is 72.2 Å². The first-order valence-electron chi connectivity index (χ1n) is 8.78. The number of amides is 2. The number of para-hydroxylation sites is 1. The second-order valence-corrected chi connectivity index (χ2v) is 7.35. The van der Waals surface area contributed by atoms with Crippen molar-refractivity contribution in [2.75, 3.05) is 0 Å². The van der Waals surface area contributed by atoms with E-state index in [4.69, 9.17) is 0 Å². The molecule has 0 unspecified atom stereocenters. The van der Waals surface area contributed by atoms with Gasteiger partial charge in [0.05, 0.1) is 11.4 Å². The molecule has 2 N–H and O–H groups in total. The van der Waals surface area contributed by atoms with Crippen molar-refractivity contribution in [2.24, 2.45) is 0 Å². The Morgan fingerprint density at radius 1 is 1.07 bits per heavy atom. The Balaban J connectivity index is 1.89. The van der Waals surface area contributed by atoms with E-state index in [9.17, 15) is 9.18 Å². The molecule has 0 aliphatic rings. The highest BCUT2D eigenvalue weighted by Gasteiger charge is 2.16. The maximum Gasteiger partial charge on any atom is 0.315 e. The number of carbonyl (C=O) groups excluding carboxylic acids is 1. The zero-order valence-electron chi connectivity index (χ0n) is 15.7. The second kappa shape index (κ2) is 7.61. The van der Waals surface area contributed by atoms with Crippen molar-refractivity contribution >= 4 is 6.03 Å². The molecule has 3 rings (SSSR count). The molecule has 0 atom stereocenters. The van der Waals surface area contributed by atoms with Gasteiger partial charge in [-0.05, 0) is 57.2 Å². The van der Waals surface area contributed by atoms with Gasteiger partial charge in [0, 0.05) is 29.4 Å². The third-order valence-corrected chi connectivity index (χ3v) is 3.86. The van der Waals surface area contributed by atoms with E-state index in [1.807, 2.05) is 57.3 Å². The van der Waals surface area contributed by atoms with E-state index in [0.717, 1.165) is 16.8 Å². The van der Waals surface area contributed by atoms with E-state index in [1.54, 1.807) is 16.8 Å². The highest BCUT2D eigenvalue weighted by atomic mass is 19.1. The topological polar surface area (TPSA) is 59.0 Å². The zero-order valence-corrected chi connectivity index (χ0v) is 15.7. The van der Waals surface area contributed by atoms with Gasteiger partial charge in [0.25, 0.3) is 0 Å². The lowest BCUT2D eigenvalue weighted by atomic mass is 10.1. The van der Waals surface area contributed by atoms with Crippen LogP contribution in [0.3, 0.4) is 0 Å². The number of nitrogens with zero attached hydrogens (tertiary/aromatic N) is 2. The monoisotopic (exact) mass is 366 g/mol. The van der Waals surface area contributed by atoms with Crippen LogP contribution < -0.4 is 10.6 Å². The van der Waals surface area contributed by atoms with Crippen LogP contribution in [0.4, 0.5) is 9.18 Å². The van der Waals surface area contributed by atoms with Crippen molar-refractivity contribution < 1.29 is 9.18 Å². The number of benzene rings is 2. The molecule has 0 spiro atoms. The van der Waals surface area contributed by atoms with Gasteiger partial charge >= 0.3 is 6.03 Å². The highest BCUT2D eigenvalue weighted by molar-refractivity contribution is 5.75. The van der Waals surface area contributed by atoms with Crippen LogP contribution in [0.25, 0.3) is 16.9 Å². The van der Waals surface area contributed by atoms with E-state index in [0.29, 0.717) is 12.2 Å². The fourth-order valence-corrected chi connectivity index (χ4v) is 2.66. The molecule has 2 amide bonds. The molecule has 1 heterocycles. The number of rotatable bonds is 4. The SMILES string of the molecule is CC(C)(C)NC(=O)NCc1cn(-c2ccccc2)nc1-c1ccc(F)cc1. The fraction of sp³-hybridized carbons (Fsp3) is 0.238. The van der Waals surface area contributed by atoms with E-state index in [2.05, 4.69) is 15.7 Å². The van der Waals surface area contributed by atoms with E-state index < -0.39 is 0 Å². The Kier molecular flexibility index (Phi) is 5.26. The van der Waals surface area contributed by atoms with Crippen molar-refractivity contribution in [3.63, 3.8) is 0 Å². The minimum atomic E-state index is -0.321. The quantitative estimate of drug-likeness (QED) is 0.724. The maximum atomic E-state index is 13.3. The second-order valence-electron chi connectivity index (χ2n) is 7.35. The molecule has 0 bridgehead atoms. The normalized spacial score (nSPS) is 11.3. The zero-order chi connectivity index (χ0) is 19.4. The van der Waals surface area contributed by atoms with Crippen LogP contribution in [0.1, 0.15) is 26.3 Å². The smallest absolute Gasteiger partial charge is 0.315 e. The molecule has 0 saturated carbocycles. The van der Waals surface area contributed by atoms with E-state index in [-0.39, 0.29) is 17.4 Å². The Morgan fingerprint density at radius 2 is 1.74 bits per heavy atom. The van der Waals surface area contributed by atoms with Crippen molar-refractivity contribution in [3.8, 4) is 16.9 Å². The van der Waals surface area contributed by atoms with Crippen molar-refractivity contribution in [1.82, 2.24) is 20.4 Å². The standard InChI is InChI=1S/C21H23FN4O/c1-21(2,3)24-20(27)23-13-16-14-26(18-7-5-4-6-8-18)25-19(16)15-9-11-17(22)12-10-15/h4-12,14H,13H2,1-3H3,(H2,23,24,27). The molecule has 5 nitrogen and oxygen atoms in total. The van der Waals surface area contributed by atoms with Gasteiger partial charge in [-0.3, -0.25) is 0 Å². The van der Waals surface area contributed by atoms with Crippen molar-refractivity contribution in [2.45, 2.75) is 32.9 Å². The summed E-state index contributed by atoms with van der Waals surface area (Å²) in [4.78, 5) is 12.1. The fourth-order valence-electron chi connectivity index (χ4n) is 2.66. The number of halogens is 1. The molecule has 0 saturated heterocycles. The summed E-state index contributed by atoms with van der Waals surface area (Å²) in [6.07, 6.45) is 1.88. The summed E-state index contributed by atoms with van der Waals surface area (Å²) in [5.41, 5.74) is 2.92. The number of nitrogens with one attached hydrogen (secondary N) is 2. The highest BCUT2D eigenvalue weighted by Crippen LogP contribution is 2.24. The molecule has 0 aliphatic heterocycles. The molecule has 0 fully saturated rings. The predicted octanol–water partition coefficient (Wildman–Crippen LogP) is 4.28. The molecule has 1 aromatic heterocycles. The first kappa shape index (κ1) is 18.6. The molecule has 140 valence electrons. The summed E-state index contributed by atoms with van der Waals surface area (Å²) in [5.74, 6) is -0.300. The van der Waals surface area contributed by atoms with Crippen LogP contribution in [0.15, 0.2) is 60.8 Å². The maximum absolute atomic E-state index is 13.3. The summed E-state index contributed by atoms with van der Waals surface area (Å²) in [6, 6.07) is 15.6. The number of hydrogen-bond acceptors (Lipinski definition) is 2. The molecular weight excluding hydrogens is 343 g/mol.